The molecule has 0 unspecified atom stereocenters. The van der Waals surface area contributed by atoms with Gasteiger partial charge in [0.2, 0.25) is 0 Å². The van der Waals surface area contributed by atoms with E-state index in [-0.39, 0.29) is 2.85 Å². The quantitative estimate of drug-likeness (QED) is 0.538. The molecule has 0 saturated heterocycles. The van der Waals surface area contributed by atoms with Gasteiger partial charge in [-0.15, -0.1) is 0 Å². The third kappa shape index (κ3) is 5.14. The Bertz CT molecular complexity index is 385. The molecule has 0 heterocycles. The number of benzene rings is 2. The Morgan fingerprint density at radius 2 is 1.44 bits per heavy atom. The predicted octanol–water partition coefficient (Wildman–Crippen LogP) is 2.93. The normalized spacial score (nSPS) is 9.06. The van der Waals surface area contributed by atoms with Gasteiger partial charge in [0.1, 0.15) is 0 Å². The number of hydroxylamine groups is 1. The van der Waals surface area contributed by atoms with E-state index >= 15 is 0 Å². The number of nitrogens with one attached hydrogen (secondary N) is 1. The molecule has 0 aromatic heterocycles. The molecule has 0 aliphatic carbocycles. The van der Waals surface area contributed by atoms with Crippen LogP contribution < -0.4 is 11.2 Å². The van der Waals surface area contributed by atoms with Crippen molar-refractivity contribution in [3.63, 3.8) is 0 Å². The van der Waals surface area contributed by atoms with Crippen LogP contribution in [0.15, 0.2) is 60.7 Å². The Kier molecular flexibility index (Phi) is 5.70. The Hall–Kier alpha value is -1.84. The molecule has 0 spiro atoms. The summed E-state index contributed by atoms with van der Waals surface area (Å²) in [6.07, 6.45) is 0. The monoisotopic (exact) mass is 220 g/mol. The van der Waals surface area contributed by atoms with E-state index in [1.807, 2.05) is 60.7 Å². The minimum atomic E-state index is 0. The van der Waals surface area contributed by atoms with Gasteiger partial charge >= 0.3 is 0 Å². The molecule has 0 radical (unpaired) electrons. The van der Waals surface area contributed by atoms with Gasteiger partial charge in [0, 0.05) is 15.1 Å². The van der Waals surface area contributed by atoms with Gasteiger partial charge < -0.3 is 10.9 Å². The first kappa shape index (κ1) is 12.2. The van der Waals surface area contributed by atoms with E-state index in [0.29, 0.717) is 6.54 Å². The van der Waals surface area contributed by atoms with Crippen LogP contribution >= 0.6 is 0 Å². The zero-order chi connectivity index (χ0) is 11.6. The van der Waals surface area contributed by atoms with Crippen molar-refractivity contribution in [2.45, 2.75) is 6.54 Å². The lowest BCUT2D eigenvalue weighted by Gasteiger charge is -1.94. The van der Waals surface area contributed by atoms with Crippen molar-refractivity contribution in [1.82, 2.24) is 5.48 Å². The fraction of sp³-hybridized carbons (Fsp3) is 0.0769. The van der Waals surface area contributed by atoms with Crippen LogP contribution in [0.2, 0.25) is 0 Å². The molecule has 2 aromatic rings. The summed E-state index contributed by atoms with van der Waals surface area (Å²) in [5.74, 6) is 0. The Morgan fingerprint density at radius 3 is 1.81 bits per heavy atom. The smallest absolute Gasteiger partial charge is 0.0458 e. The zero-order valence-corrected chi connectivity index (χ0v) is 9.01. The molecular formula is C13H20N2O. The minimum absolute atomic E-state index is 0. The van der Waals surface area contributed by atoms with Crippen molar-refractivity contribution in [2.24, 2.45) is 0 Å². The summed E-state index contributed by atoms with van der Waals surface area (Å²) < 4.78 is 0. The number of para-hydroxylation sites is 1. The van der Waals surface area contributed by atoms with Crippen LogP contribution in [0.1, 0.15) is 8.42 Å². The van der Waals surface area contributed by atoms with Gasteiger partial charge in [-0.2, -0.15) is 0 Å². The summed E-state index contributed by atoms with van der Waals surface area (Å²) in [5.41, 5.74) is 9.35. The first-order valence-electron chi connectivity index (χ1n) is 5.04. The molecular weight excluding hydrogens is 200 g/mol. The van der Waals surface area contributed by atoms with Crippen molar-refractivity contribution < 1.29 is 8.06 Å². The third-order valence-corrected chi connectivity index (χ3v) is 1.93. The molecule has 3 heteroatoms. The van der Waals surface area contributed by atoms with Gasteiger partial charge in [-0.05, 0) is 17.7 Å². The lowest BCUT2D eigenvalue weighted by Crippen LogP contribution is -2.05. The average molecular weight is 220 g/mol. The second-order valence-electron chi connectivity index (χ2n) is 3.23. The van der Waals surface area contributed by atoms with E-state index in [2.05, 4.69) is 5.48 Å². The van der Waals surface area contributed by atoms with Gasteiger partial charge in [0.05, 0.1) is 0 Å². The highest BCUT2D eigenvalue weighted by atomic mass is 16.5. The number of hydrogen-bond donors (Lipinski definition) is 3. The first-order chi connectivity index (χ1) is 7.83. The Balaban J connectivity index is 0. The molecule has 0 bridgehead atoms. The highest BCUT2D eigenvalue weighted by Crippen LogP contribution is 1.96. The van der Waals surface area contributed by atoms with Gasteiger partial charge in [-0.3, -0.25) is 0 Å². The van der Waals surface area contributed by atoms with Gasteiger partial charge in [0.25, 0.3) is 0 Å². The maximum atomic E-state index is 8.27. The van der Waals surface area contributed by atoms with Crippen molar-refractivity contribution >= 4 is 5.69 Å². The van der Waals surface area contributed by atoms with Crippen LogP contribution in [0.4, 0.5) is 5.69 Å². The van der Waals surface area contributed by atoms with Crippen LogP contribution in [0.25, 0.3) is 0 Å². The number of nitrogens with two attached hydrogens (primary N) is 1. The van der Waals surface area contributed by atoms with Gasteiger partial charge in [-0.1, -0.05) is 48.5 Å². The fourth-order valence-corrected chi connectivity index (χ4v) is 1.14. The molecule has 0 saturated carbocycles. The summed E-state index contributed by atoms with van der Waals surface area (Å²) in [6.45, 7) is 0.515. The molecule has 3 nitrogen and oxygen atoms in total. The summed E-state index contributed by atoms with van der Waals surface area (Å²) in [7, 11) is 0. The van der Waals surface area contributed by atoms with Gasteiger partial charge in [-0.25, -0.2) is 5.48 Å². The van der Waals surface area contributed by atoms with E-state index in [1.54, 1.807) is 0 Å². The number of anilines is 1. The largest absolute Gasteiger partial charge is 0.399 e. The standard InChI is InChI=1S/C7H9NO.C6H7N.2H2/c9-8-6-7-4-2-1-3-5-7;7-6-4-2-1-3-5-6;;/h1-5,8-9H,6H2;1-5H,7H2;2*1H. The third-order valence-electron chi connectivity index (χ3n) is 1.93. The second-order valence-corrected chi connectivity index (χ2v) is 3.23. The molecule has 0 fully saturated rings. The summed E-state index contributed by atoms with van der Waals surface area (Å²) in [4.78, 5) is 0. The SMILES string of the molecule is Nc1ccccc1.ONCc1ccccc1.[HH].[HH]. The van der Waals surface area contributed by atoms with Crippen LogP contribution in [-0.2, 0) is 6.54 Å². The van der Waals surface area contributed by atoms with Crippen LogP contribution in [0, 0.1) is 0 Å². The average Bonchev–Trinajstić information content (AvgIpc) is 2.33. The summed E-state index contributed by atoms with van der Waals surface area (Å²) in [5, 5.41) is 8.27. The van der Waals surface area contributed by atoms with Crippen molar-refractivity contribution in [1.29, 1.82) is 0 Å². The van der Waals surface area contributed by atoms with E-state index in [0.717, 1.165) is 11.3 Å². The number of nitrogen functional groups attached to an aromatic ring is 1. The highest BCUT2D eigenvalue weighted by Gasteiger charge is 1.84. The lowest BCUT2D eigenvalue weighted by molar-refractivity contribution is 0.161. The van der Waals surface area contributed by atoms with E-state index in [9.17, 15) is 0 Å². The molecule has 2 aromatic carbocycles. The van der Waals surface area contributed by atoms with Crippen molar-refractivity contribution in [3.05, 3.63) is 66.2 Å². The van der Waals surface area contributed by atoms with Crippen LogP contribution in [0.3, 0.4) is 0 Å². The highest BCUT2D eigenvalue weighted by molar-refractivity contribution is 5.35. The molecule has 88 valence electrons. The summed E-state index contributed by atoms with van der Waals surface area (Å²) in [6, 6.07) is 19.2. The Labute approximate surface area is 98.5 Å². The van der Waals surface area contributed by atoms with Crippen LogP contribution in [-0.4, -0.2) is 5.21 Å². The van der Waals surface area contributed by atoms with Gasteiger partial charge in [0.15, 0.2) is 0 Å². The van der Waals surface area contributed by atoms with Crippen molar-refractivity contribution in [3.8, 4) is 0 Å². The van der Waals surface area contributed by atoms with E-state index < -0.39 is 0 Å². The van der Waals surface area contributed by atoms with E-state index in [1.165, 1.54) is 0 Å². The lowest BCUT2D eigenvalue weighted by atomic mass is 10.2. The molecule has 16 heavy (non-hydrogen) atoms. The second kappa shape index (κ2) is 7.45. The molecule has 0 amide bonds. The van der Waals surface area contributed by atoms with Crippen LogP contribution in [0.5, 0.6) is 0 Å². The topological polar surface area (TPSA) is 58.3 Å². The molecule has 4 N–H and O–H groups in total. The molecule has 2 rings (SSSR count). The predicted molar refractivity (Wildman–Crippen MR) is 70.2 cm³/mol. The maximum absolute atomic E-state index is 8.27. The maximum Gasteiger partial charge on any atom is 0.0458 e. The number of hydrogen-bond acceptors (Lipinski definition) is 3. The minimum Gasteiger partial charge on any atom is -0.399 e. The zero-order valence-electron chi connectivity index (χ0n) is 9.01. The summed E-state index contributed by atoms with van der Waals surface area (Å²) >= 11 is 0. The fourth-order valence-electron chi connectivity index (χ4n) is 1.14. The number of rotatable bonds is 2. The Morgan fingerprint density at radius 1 is 0.938 bits per heavy atom. The first-order valence-corrected chi connectivity index (χ1v) is 5.04. The molecule has 0 aliphatic heterocycles. The van der Waals surface area contributed by atoms with Crippen molar-refractivity contribution in [2.75, 3.05) is 5.73 Å². The molecule has 0 atom stereocenters. The molecule has 0 aliphatic rings. The van der Waals surface area contributed by atoms with E-state index in [4.69, 9.17) is 10.9 Å².